The van der Waals surface area contributed by atoms with Crippen LogP contribution < -0.4 is 10.6 Å². The zero-order valence-corrected chi connectivity index (χ0v) is 12.1. The average molecular weight is 291 g/mol. The lowest BCUT2D eigenvalue weighted by Gasteiger charge is -2.23. The molecule has 0 unspecified atom stereocenters. The smallest absolute Gasteiger partial charge is 0.251 e. The maximum absolute atomic E-state index is 12.2. The first kappa shape index (κ1) is 14.8. The van der Waals surface area contributed by atoms with Crippen LogP contribution in [0.3, 0.4) is 0 Å². The third-order valence-corrected chi connectivity index (χ3v) is 3.64. The molecule has 3 rings (SSSR count). The molecule has 0 aromatic heterocycles. The van der Waals surface area contributed by atoms with E-state index in [1.807, 2.05) is 36.4 Å². The summed E-state index contributed by atoms with van der Waals surface area (Å²) >= 11 is 0. The zero-order valence-electron chi connectivity index (χ0n) is 11.3. The van der Waals surface area contributed by atoms with Crippen LogP contribution in [0.2, 0.25) is 0 Å². The number of nitrogens with one attached hydrogen (secondary N) is 2. The molecule has 0 radical (unpaired) electrons. The van der Waals surface area contributed by atoms with Gasteiger partial charge in [0.2, 0.25) is 0 Å². The van der Waals surface area contributed by atoms with Gasteiger partial charge in [0.1, 0.15) is 0 Å². The van der Waals surface area contributed by atoms with Gasteiger partial charge < -0.3 is 10.6 Å². The topological polar surface area (TPSA) is 41.1 Å². The van der Waals surface area contributed by atoms with Crippen LogP contribution in [0, 0.1) is 0 Å². The largest absolute Gasteiger partial charge is 0.348 e. The minimum Gasteiger partial charge on any atom is -0.348 e. The zero-order chi connectivity index (χ0) is 13.1. The molecule has 0 aliphatic carbocycles. The highest BCUT2D eigenvalue weighted by atomic mass is 35.5. The van der Waals surface area contributed by atoms with Gasteiger partial charge in [-0.3, -0.25) is 4.79 Å². The number of rotatable bonds is 2. The van der Waals surface area contributed by atoms with Gasteiger partial charge >= 0.3 is 0 Å². The number of amides is 1. The van der Waals surface area contributed by atoms with E-state index in [9.17, 15) is 4.79 Å². The fraction of sp³-hybridized carbons (Fsp3) is 0.312. The molecule has 106 valence electrons. The van der Waals surface area contributed by atoms with Gasteiger partial charge in [-0.05, 0) is 42.3 Å². The van der Waals surface area contributed by atoms with E-state index in [1.165, 1.54) is 5.39 Å². The molecular formula is C16H19ClN2O. The molecule has 20 heavy (non-hydrogen) atoms. The lowest BCUT2D eigenvalue weighted by Crippen LogP contribution is -2.45. The van der Waals surface area contributed by atoms with Crippen LogP contribution in [-0.4, -0.2) is 25.0 Å². The van der Waals surface area contributed by atoms with Crippen molar-refractivity contribution in [3.05, 3.63) is 48.0 Å². The van der Waals surface area contributed by atoms with Crippen LogP contribution in [-0.2, 0) is 0 Å². The molecule has 1 aliphatic heterocycles. The van der Waals surface area contributed by atoms with Crippen LogP contribution in [0.1, 0.15) is 23.2 Å². The highest BCUT2D eigenvalue weighted by Crippen LogP contribution is 2.16. The Labute approximate surface area is 125 Å². The second-order valence-corrected chi connectivity index (χ2v) is 5.08. The highest BCUT2D eigenvalue weighted by Gasteiger charge is 2.16. The van der Waals surface area contributed by atoms with Crippen LogP contribution in [0.4, 0.5) is 0 Å². The van der Waals surface area contributed by atoms with Gasteiger partial charge in [0.25, 0.3) is 5.91 Å². The predicted molar refractivity (Wildman–Crippen MR) is 84.6 cm³/mol. The van der Waals surface area contributed by atoms with E-state index in [4.69, 9.17) is 0 Å². The van der Waals surface area contributed by atoms with Gasteiger partial charge in [-0.1, -0.05) is 30.3 Å². The molecule has 1 aliphatic rings. The Balaban J connectivity index is 0.00000147. The maximum atomic E-state index is 12.2. The van der Waals surface area contributed by atoms with E-state index >= 15 is 0 Å². The molecule has 1 saturated heterocycles. The van der Waals surface area contributed by atoms with Gasteiger partial charge in [0.15, 0.2) is 0 Å². The van der Waals surface area contributed by atoms with Crippen LogP contribution in [0.25, 0.3) is 10.8 Å². The van der Waals surface area contributed by atoms with Gasteiger partial charge in [0, 0.05) is 18.2 Å². The van der Waals surface area contributed by atoms with Crippen LogP contribution >= 0.6 is 12.4 Å². The molecule has 1 atom stereocenters. The molecule has 1 amide bonds. The normalized spacial score (nSPS) is 18.3. The molecule has 4 heteroatoms. The van der Waals surface area contributed by atoms with Crippen molar-refractivity contribution in [1.29, 1.82) is 0 Å². The van der Waals surface area contributed by atoms with Crippen LogP contribution in [0.5, 0.6) is 0 Å². The molecule has 0 spiro atoms. The van der Waals surface area contributed by atoms with Gasteiger partial charge in [-0.2, -0.15) is 0 Å². The second kappa shape index (κ2) is 6.73. The summed E-state index contributed by atoms with van der Waals surface area (Å²) in [6.45, 7) is 1.93. The fourth-order valence-corrected chi connectivity index (χ4v) is 2.57. The third kappa shape index (κ3) is 3.30. The molecule has 1 fully saturated rings. The van der Waals surface area contributed by atoms with E-state index in [1.54, 1.807) is 0 Å². The molecule has 2 N–H and O–H groups in total. The Morgan fingerprint density at radius 3 is 2.70 bits per heavy atom. The maximum Gasteiger partial charge on any atom is 0.251 e. The Morgan fingerprint density at radius 2 is 1.95 bits per heavy atom. The number of hydrogen-bond acceptors (Lipinski definition) is 2. The minimum absolute atomic E-state index is 0. The molecule has 3 nitrogen and oxygen atoms in total. The van der Waals surface area contributed by atoms with Crippen molar-refractivity contribution in [1.82, 2.24) is 10.6 Å². The number of benzene rings is 2. The molecule has 2 aromatic rings. The summed E-state index contributed by atoms with van der Waals surface area (Å²) in [5.41, 5.74) is 0.740. The standard InChI is InChI=1S/C16H18N2O.ClH/c19-16(18-15-6-3-9-17-11-15)14-8-7-12-4-1-2-5-13(12)10-14;/h1-2,4-5,7-8,10,15,17H,3,6,9,11H2,(H,18,19);1H/t15-;/m0./s1. The van der Waals surface area contributed by atoms with E-state index in [-0.39, 0.29) is 24.4 Å². The summed E-state index contributed by atoms with van der Waals surface area (Å²) < 4.78 is 0. The van der Waals surface area contributed by atoms with E-state index < -0.39 is 0 Å². The molecule has 2 aromatic carbocycles. The first-order valence-electron chi connectivity index (χ1n) is 6.83. The van der Waals surface area contributed by atoms with Crippen molar-refractivity contribution in [2.75, 3.05) is 13.1 Å². The monoisotopic (exact) mass is 290 g/mol. The van der Waals surface area contributed by atoms with Gasteiger partial charge in [-0.25, -0.2) is 0 Å². The minimum atomic E-state index is 0. The van der Waals surface area contributed by atoms with Crippen molar-refractivity contribution >= 4 is 29.1 Å². The molecule has 1 heterocycles. The third-order valence-electron chi connectivity index (χ3n) is 3.64. The Morgan fingerprint density at radius 1 is 1.15 bits per heavy atom. The summed E-state index contributed by atoms with van der Waals surface area (Å²) in [7, 11) is 0. The van der Waals surface area contributed by atoms with Crippen molar-refractivity contribution in [3.63, 3.8) is 0 Å². The number of halogens is 1. The highest BCUT2D eigenvalue weighted by molar-refractivity contribution is 5.98. The lowest BCUT2D eigenvalue weighted by molar-refractivity contribution is 0.0931. The average Bonchev–Trinajstić information content (AvgIpc) is 2.48. The van der Waals surface area contributed by atoms with Crippen molar-refractivity contribution in [2.24, 2.45) is 0 Å². The molecule has 0 saturated carbocycles. The number of carbonyl (C=O) groups excluding carboxylic acids is 1. The number of carbonyl (C=O) groups is 1. The summed E-state index contributed by atoms with van der Waals surface area (Å²) in [5, 5.41) is 8.68. The summed E-state index contributed by atoms with van der Waals surface area (Å²) in [6, 6.07) is 14.2. The Bertz CT molecular complexity index is 594. The lowest BCUT2D eigenvalue weighted by atomic mass is 10.0. The summed E-state index contributed by atoms with van der Waals surface area (Å²) in [4.78, 5) is 12.2. The number of fused-ring (bicyclic) bond motifs is 1. The van der Waals surface area contributed by atoms with E-state index in [0.29, 0.717) is 0 Å². The van der Waals surface area contributed by atoms with Gasteiger partial charge in [-0.15, -0.1) is 12.4 Å². The Hall–Kier alpha value is -1.58. The van der Waals surface area contributed by atoms with Crippen LogP contribution in [0.15, 0.2) is 42.5 Å². The molecule has 0 bridgehead atoms. The quantitative estimate of drug-likeness (QED) is 0.893. The SMILES string of the molecule is Cl.O=C(N[C@H]1CCCNC1)c1ccc2ccccc2c1. The fourth-order valence-electron chi connectivity index (χ4n) is 2.57. The summed E-state index contributed by atoms with van der Waals surface area (Å²) in [6.07, 6.45) is 2.19. The molecular weight excluding hydrogens is 272 g/mol. The number of piperidine rings is 1. The second-order valence-electron chi connectivity index (χ2n) is 5.08. The van der Waals surface area contributed by atoms with Gasteiger partial charge in [0.05, 0.1) is 0 Å². The van der Waals surface area contributed by atoms with E-state index in [2.05, 4.69) is 16.7 Å². The number of hydrogen-bond donors (Lipinski definition) is 2. The van der Waals surface area contributed by atoms with Crippen molar-refractivity contribution in [2.45, 2.75) is 18.9 Å². The van der Waals surface area contributed by atoms with Crippen molar-refractivity contribution < 1.29 is 4.79 Å². The Kier molecular flexibility index (Phi) is 4.99. The first-order chi connectivity index (χ1) is 9.33. The summed E-state index contributed by atoms with van der Waals surface area (Å²) in [5.74, 6) is 0.0273. The van der Waals surface area contributed by atoms with E-state index in [0.717, 1.165) is 36.9 Å². The first-order valence-corrected chi connectivity index (χ1v) is 6.83. The predicted octanol–water partition coefficient (Wildman–Crippen LogP) is 2.74. The van der Waals surface area contributed by atoms with Crippen molar-refractivity contribution in [3.8, 4) is 0 Å².